The molecule has 1 aromatic carbocycles. The minimum Gasteiger partial charge on any atom is -0.493 e. The molecule has 2 nitrogen and oxygen atoms in total. The molecule has 0 radical (unpaired) electrons. The van der Waals surface area contributed by atoms with Crippen molar-refractivity contribution < 1.29 is 9.84 Å². The molecule has 0 aliphatic rings. The minimum atomic E-state index is -0.503. The van der Waals surface area contributed by atoms with Gasteiger partial charge in [0.25, 0.3) is 0 Å². The van der Waals surface area contributed by atoms with Crippen molar-refractivity contribution in [3.8, 4) is 5.75 Å². The lowest BCUT2D eigenvalue weighted by Gasteiger charge is -2.13. The molecule has 0 aliphatic carbocycles. The van der Waals surface area contributed by atoms with Crippen LogP contribution in [0.4, 0.5) is 0 Å². The Balaban J connectivity index is 2.33. The quantitative estimate of drug-likeness (QED) is 0.628. The van der Waals surface area contributed by atoms with Gasteiger partial charge < -0.3 is 9.84 Å². The number of benzene rings is 1. The van der Waals surface area contributed by atoms with Crippen LogP contribution in [0.3, 0.4) is 0 Å². The second-order valence-corrected chi connectivity index (χ2v) is 5.89. The van der Waals surface area contributed by atoms with Crippen molar-refractivity contribution in [2.24, 2.45) is 0 Å². The van der Waals surface area contributed by atoms with E-state index in [1.807, 2.05) is 18.2 Å². The molecule has 1 atom stereocenters. The molecule has 108 valence electrons. The van der Waals surface area contributed by atoms with Crippen LogP contribution in [0.15, 0.2) is 22.7 Å². The summed E-state index contributed by atoms with van der Waals surface area (Å²) in [7, 11) is 0. The van der Waals surface area contributed by atoms with Crippen molar-refractivity contribution >= 4 is 15.9 Å². The average Bonchev–Trinajstić information content (AvgIpc) is 2.39. The zero-order valence-corrected chi connectivity index (χ0v) is 13.6. The first-order chi connectivity index (χ1) is 9.15. The van der Waals surface area contributed by atoms with Crippen LogP contribution >= 0.6 is 15.9 Å². The highest BCUT2D eigenvalue weighted by Crippen LogP contribution is 2.28. The fraction of sp³-hybridized carbons (Fsp3) is 0.625. The van der Waals surface area contributed by atoms with E-state index in [1.54, 1.807) is 6.92 Å². The van der Waals surface area contributed by atoms with Gasteiger partial charge in [0.2, 0.25) is 0 Å². The smallest absolute Gasteiger partial charge is 0.125 e. The maximum absolute atomic E-state index is 9.73. The third-order valence-electron chi connectivity index (χ3n) is 3.18. The van der Waals surface area contributed by atoms with Crippen LogP contribution in [0.1, 0.15) is 64.0 Å². The number of aliphatic hydroxyl groups is 1. The van der Waals surface area contributed by atoms with E-state index in [4.69, 9.17) is 4.74 Å². The number of unbranched alkanes of at least 4 members (excludes halogenated alkanes) is 5. The van der Waals surface area contributed by atoms with E-state index in [-0.39, 0.29) is 0 Å². The molecule has 0 aromatic heterocycles. The molecule has 0 spiro atoms. The summed E-state index contributed by atoms with van der Waals surface area (Å²) in [5.41, 5.74) is 0.848. The summed E-state index contributed by atoms with van der Waals surface area (Å²) >= 11 is 3.42. The summed E-state index contributed by atoms with van der Waals surface area (Å²) in [6.07, 6.45) is 7.04. The van der Waals surface area contributed by atoms with E-state index in [0.717, 1.165) is 28.8 Å². The van der Waals surface area contributed by atoms with Crippen molar-refractivity contribution in [3.63, 3.8) is 0 Å². The molecular weight excluding hydrogens is 304 g/mol. The lowest BCUT2D eigenvalue weighted by molar-refractivity contribution is 0.190. The van der Waals surface area contributed by atoms with Gasteiger partial charge in [-0.15, -0.1) is 0 Å². The zero-order chi connectivity index (χ0) is 14.1. The van der Waals surface area contributed by atoms with Crippen LogP contribution in [0.2, 0.25) is 0 Å². The van der Waals surface area contributed by atoms with Crippen LogP contribution in [0.25, 0.3) is 0 Å². The average molecular weight is 329 g/mol. The molecule has 0 fully saturated rings. The molecule has 19 heavy (non-hydrogen) atoms. The van der Waals surface area contributed by atoms with E-state index >= 15 is 0 Å². The Morgan fingerprint density at radius 3 is 2.53 bits per heavy atom. The monoisotopic (exact) mass is 328 g/mol. The van der Waals surface area contributed by atoms with Crippen molar-refractivity contribution in [1.82, 2.24) is 0 Å². The van der Waals surface area contributed by atoms with Crippen molar-refractivity contribution in [3.05, 3.63) is 28.2 Å². The molecule has 1 rings (SSSR count). The first-order valence-corrected chi connectivity index (χ1v) is 8.04. The molecule has 0 aliphatic heterocycles. The Labute approximate surface area is 125 Å². The van der Waals surface area contributed by atoms with E-state index in [0.29, 0.717) is 0 Å². The van der Waals surface area contributed by atoms with Crippen LogP contribution in [0.5, 0.6) is 5.75 Å². The number of aliphatic hydroxyl groups excluding tert-OH is 1. The van der Waals surface area contributed by atoms with Crippen molar-refractivity contribution in [1.29, 1.82) is 0 Å². The Morgan fingerprint density at radius 2 is 1.84 bits per heavy atom. The SMILES string of the molecule is CCCCCCCCOc1ccc(Br)cc1[C@H](C)O. The molecule has 0 saturated carbocycles. The van der Waals surface area contributed by atoms with E-state index < -0.39 is 6.10 Å². The topological polar surface area (TPSA) is 29.5 Å². The van der Waals surface area contributed by atoms with Crippen LogP contribution in [-0.4, -0.2) is 11.7 Å². The van der Waals surface area contributed by atoms with Gasteiger partial charge in [-0.1, -0.05) is 55.0 Å². The molecular formula is C16H25BrO2. The summed E-state index contributed by atoms with van der Waals surface area (Å²) in [6.45, 7) is 4.72. The molecule has 1 aromatic rings. The highest BCUT2D eigenvalue weighted by Gasteiger charge is 2.09. The van der Waals surface area contributed by atoms with Gasteiger partial charge in [0.05, 0.1) is 12.7 Å². The summed E-state index contributed by atoms with van der Waals surface area (Å²) in [5, 5.41) is 9.73. The standard InChI is InChI=1S/C16H25BrO2/c1-3-4-5-6-7-8-11-19-16-10-9-14(17)12-15(16)13(2)18/h9-10,12-13,18H,3-8,11H2,1-2H3/t13-/m0/s1. The largest absolute Gasteiger partial charge is 0.493 e. The highest BCUT2D eigenvalue weighted by atomic mass is 79.9. The number of hydrogen-bond acceptors (Lipinski definition) is 2. The lowest BCUT2D eigenvalue weighted by Crippen LogP contribution is -2.02. The lowest BCUT2D eigenvalue weighted by atomic mass is 10.1. The third-order valence-corrected chi connectivity index (χ3v) is 3.67. The van der Waals surface area contributed by atoms with E-state index in [2.05, 4.69) is 22.9 Å². The predicted molar refractivity (Wildman–Crippen MR) is 83.6 cm³/mol. The summed E-state index contributed by atoms with van der Waals surface area (Å²) in [5.74, 6) is 0.798. The number of hydrogen-bond donors (Lipinski definition) is 1. The fourth-order valence-electron chi connectivity index (χ4n) is 2.04. The van der Waals surface area contributed by atoms with Crippen molar-refractivity contribution in [2.45, 2.75) is 58.5 Å². The van der Waals surface area contributed by atoms with E-state index in [1.165, 1.54) is 32.1 Å². The second-order valence-electron chi connectivity index (χ2n) is 4.97. The highest BCUT2D eigenvalue weighted by molar-refractivity contribution is 9.10. The molecule has 3 heteroatoms. The Morgan fingerprint density at radius 1 is 1.16 bits per heavy atom. The maximum atomic E-state index is 9.73. The van der Waals surface area contributed by atoms with Crippen LogP contribution < -0.4 is 4.74 Å². The molecule has 0 heterocycles. The van der Waals surface area contributed by atoms with Crippen LogP contribution in [-0.2, 0) is 0 Å². The Hall–Kier alpha value is -0.540. The third kappa shape index (κ3) is 6.44. The normalized spacial score (nSPS) is 12.4. The molecule has 0 amide bonds. The molecule has 0 saturated heterocycles. The molecule has 1 N–H and O–H groups in total. The first-order valence-electron chi connectivity index (χ1n) is 7.25. The Kier molecular flexibility index (Phi) is 8.15. The van der Waals surface area contributed by atoms with Gasteiger partial charge in [-0.25, -0.2) is 0 Å². The number of rotatable bonds is 9. The van der Waals surface area contributed by atoms with Crippen molar-refractivity contribution in [2.75, 3.05) is 6.61 Å². The summed E-state index contributed by atoms with van der Waals surface area (Å²) in [4.78, 5) is 0. The fourth-order valence-corrected chi connectivity index (χ4v) is 2.42. The van der Waals surface area contributed by atoms with Gasteiger partial charge in [0.1, 0.15) is 5.75 Å². The zero-order valence-electron chi connectivity index (χ0n) is 12.0. The van der Waals surface area contributed by atoms with Gasteiger partial charge in [-0.2, -0.15) is 0 Å². The predicted octanol–water partition coefficient (Wildman–Crippen LogP) is 5.24. The summed E-state index contributed by atoms with van der Waals surface area (Å²) < 4.78 is 6.75. The summed E-state index contributed by atoms with van der Waals surface area (Å²) in [6, 6.07) is 5.78. The van der Waals surface area contributed by atoms with Gasteiger partial charge in [-0.3, -0.25) is 0 Å². The van der Waals surface area contributed by atoms with Gasteiger partial charge >= 0.3 is 0 Å². The minimum absolute atomic E-state index is 0.503. The van der Waals surface area contributed by atoms with E-state index in [9.17, 15) is 5.11 Å². The Bertz CT molecular complexity index is 364. The molecule has 0 bridgehead atoms. The first kappa shape index (κ1) is 16.5. The van der Waals surface area contributed by atoms with Gasteiger partial charge in [0.15, 0.2) is 0 Å². The van der Waals surface area contributed by atoms with Crippen LogP contribution in [0, 0.1) is 0 Å². The maximum Gasteiger partial charge on any atom is 0.125 e. The second kappa shape index (κ2) is 9.38. The number of ether oxygens (including phenoxy) is 1. The molecule has 0 unspecified atom stereocenters. The van der Waals surface area contributed by atoms with Gasteiger partial charge in [-0.05, 0) is 31.5 Å². The van der Waals surface area contributed by atoms with Gasteiger partial charge in [0, 0.05) is 10.0 Å². The number of halogens is 1.